The van der Waals surface area contributed by atoms with Crippen LogP contribution in [-0.4, -0.2) is 35.5 Å². The number of rotatable bonds is 5. The van der Waals surface area contributed by atoms with Crippen LogP contribution in [0.3, 0.4) is 0 Å². The largest absolute Gasteiger partial charge is 0.497 e. The maximum absolute atomic E-state index is 13.1. The molecule has 4 rings (SSSR count). The predicted octanol–water partition coefficient (Wildman–Crippen LogP) is 3.95. The molecule has 0 spiro atoms. The minimum atomic E-state index is -0.247. The molecule has 0 fully saturated rings. The molecule has 1 amide bonds. The molecule has 1 aromatic heterocycles. The Morgan fingerprint density at radius 1 is 1.26 bits per heavy atom. The molecule has 0 radical (unpaired) electrons. The van der Waals surface area contributed by atoms with Crippen LogP contribution >= 0.6 is 0 Å². The van der Waals surface area contributed by atoms with Crippen molar-refractivity contribution in [3.8, 4) is 5.75 Å². The molecule has 2 N–H and O–H groups in total. The number of fused-ring (bicyclic) bond motifs is 3. The Balaban J connectivity index is 1.51. The van der Waals surface area contributed by atoms with Gasteiger partial charge in [0.1, 0.15) is 11.8 Å². The van der Waals surface area contributed by atoms with Gasteiger partial charge in [-0.25, -0.2) is 0 Å². The Morgan fingerprint density at radius 3 is 2.93 bits per heavy atom. The number of ether oxygens (including phenoxy) is 1. The smallest absolute Gasteiger partial charge is 0.245 e. The van der Waals surface area contributed by atoms with Crippen LogP contribution in [0.4, 0.5) is 5.69 Å². The number of para-hydroxylation sites is 1. The van der Waals surface area contributed by atoms with E-state index in [0.717, 1.165) is 42.0 Å². The molecule has 5 nitrogen and oxygen atoms in total. The first-order chi connectivity index (χ1) is 13.2. The molecule has 2 aromatic carbocycles. The number of nitrogens with zero attached hydrogens (tertiary/aromatic N) is 1. The van der Waals surface area contributed by atoms with Gasteiger partial charge in [0.2, 0.25) is 5.91 Å². The second-order valence-corrected chi connectivity index (χ2v) is 6.97. The van der Waals surface area contributed by atoms with Crippen molar-refractivity contribution in [3.05, 3.63) is 59.8 Å². The summed E-state index contributed by atoms with van der Waals surface area (Å²) in [5, 5.41) is 4.65. The van der Waals surface area contributed by atoms with Crippen molar-refractivity contribution < 1.29 is 9.53 Å². The summed E-state index contributed by atoms with van der Waals surface area (Å²) in [5.41, 5.74) is 4.56. The van der Waals surface area contributed by atoms with Crippen LogP contribution in [-0.2, 0) is 17.8 Å². The van der Waals surface area contributed by atoms with E-state index in [9.17, 15) is 4.79 Å². The van der Waals surface area contributed by atoms with Crippen LogP contribution in [0.15, 0.2) is 48.5 Å². The average Bonchev–Trinajstić information content (AvgIpc) is 3.09. The van der Waals surface area contributed by atoms with E-state index in [4.69, 9.17) is 4.74 Å². The summed E-state index contributed by atoms with van der Waals surface area (Å²) < 4.78 is 5.28. The lowest BCUT2D eigenvalue weighted by Gasteiger charge is -2.31. The Bertz CT molecular complexity index is 963. The highest BCUT2D eigenvalue weighted by Gasteiger charge is 2.28. The van der Waals surface area contributed by atoms with Crippen LogP contribution < -0.4 is 10.1 Å². The van der Waals surface area contributed by atoms with Crippen molar-refractivity contribution >= 4 is 22.5 Å². The standard InChI is InChI=1S/C22H25N3O2/c1-3-19(23-15-7-6-8-16(13-15)27-2)22(26)25-12-11-18-17-9-4-5-10-20(17)24-21(18)14-25/h4-10,13,19,23-24H,3,11-12,14H2,1-2H3/t19-/m0/s1. The molecule has 3 aromatic rings. The number of hydrogen-bond acceptors (Lipinski definition) is 3. The number of benzene rings is 2. The van der Waals surface area contributed by atoms with Crippen LogP contribution in [0.25, 0.3) is 10.9 Å². The molecule has 1 aliphatic heterocycles. The molecule has 140 valence electrons. The summed E-state index contributed by atoms with van der Waals surface area (Å²) in [4.78, 5) is 18.6. The molecule has 0 unspecified atom stereocenters. The van der Waals surface area contributed by atoms with E-state index in [1.165, 1.54) is 10.9 Å². The Kier molecular flexibility index (Phi) is 4.75. The highest BCUT2D eigenvalue weighted by atomic mass is 16.5. The van der Waals surface area contributed by atoms with Crippen LogP contribution in [0.5, 0.6) is 5.75 Å². The third-order valence-corrected chi connectivity index (χ3v) is 5.31. The van der Waals surface area contributed by atoms with E-state index in [-0.39, 0.29) is 11.9 Å². The molecule has 1 aliphatic rings. The van der Waals surface area contributed by atoms with Crippen molar-refractivity contribution in [3.63, 3.8) is 0 Å². The third kappa shape index (κ3) is 3.37. The first-order valence-corrected chi connectivity index (χ1v) is 9.47. The minimum Gasteiger partial charge on any atom is -0.497 e. The lowest BCUT2D eigenvalue weighted by Crippen LogP contribution is -2.44. The van der Waals surface area contributed by atoms with E-state index in [2.05, 4.69) is 28.5 Å². The zero-order chi connectivity index (χ0) is 18.8. The summed E-state index contributed by atoms with van der Waals surface area (Å²) in [6, 6.07) is 15.8. The van der Waals surface area contributed by atoms with Gasteiger partial charge in [-0.2, -0.15) is 0 Å². The molecule has 0 aliphatic carbocycles. The lowest BCUT2D eigenvalue weighted by atomic mass is 10.0. The van der Waals surface area contributed by atoms with Gasteiger partial charge in [0, 0.05) is 34.9 Å². The minimum absolute atomic E-state index is 0.143. The number of nitrogens with one attached hydrogen (secondary N) is 2. The topological polar surface area (TPSA) is 57.4 Å². The molecule has 0 saturated heterocycles. The Hall–Kier alpha value is -2.95. The predicted molar refractivity (Wildman–Crippen MR) is 108 cm³/mol. The summed E-state index contributed by atoms with van der Waals surface area (Å²) in [7, 11) is 1.65. The fourth-order valence-electron chi connectivity index (χ4n) is 3.85. The second kappa shape index (κ2) is 7.35. The van der Waals surface area contributed by atoms with Gasteiger partial charge in [0.15, 0.2) is 0 Å². The van der Waals surface area contributed by atoms with Crippen LogP contribution in [0.2, 0.25) is 0 Å². The molecule has 5 heteroatoms. The number of aromatic amines is 1. The van der Waals surface area contributed by atoms with E-state index in [1.54, 1.807) is 7.11 Å². The van der Waals surface area contributed by atoms with Gasteiger partial charge < -0.3 is 19.9 Å². The number of amides is 1. The summed E-state index contributed by atoms with van der Waals surface area (Å²) >= 11 is 0. The van der Waals surface area contributed by atoms with Gasteiger partial charge >= 0.3 is 0 Å². The molecule has 0 saturated carbocycles. The highest BCUT2D eigenvalue weighted by molar-refractivity contribution is 5.87. The maximum atomic E-state index is 13.1. The fourth-order valence-corrected chi connectivity index (χ4v) is 3.85. The zero-order valence-corrected chi connectivity index (χ0v) is 15.8. The van der Waals surface area contributed by atoms with Gasteiger partial charge in [0.05, 0.1) is 13.7 Å². The summed E-state index contributed by atoms with van der Waals surface area (Å²) in [6.45, 7) is 3.43. The van der Waals surface area contributed by atoms with Crippen molar-refractivity contribution in [2.75, 3.05) is 19.0 Å². The SMILES string of the molecule is CC[C@H](Nc1cccc(OC)c1)C(=O)N1CCc2c([nH]c3ccccc23)C1. The van der Waals surface area contributed by atoms with E-state index < -0.39 is 0 Å². The Labute approximate surface area is 159 Å². The number of hydrogen-bond donors (Lipinski definition) is 2. The fraction of sp³-hybridized carbons (Fsp3) is 0.318. The lowest BCUT2D eigenvalue weighted by molar-refractivity contribution is -0.133. The summed E-state index contributed by atoms with van der Waals surface area (Å²) in [5.74, 6) is 0.924. The first kappa shape index (κ1) is 17.5. The number of aromatic nitrogens is 1. The van der Waals surface area contributed by atoms with Crippen molar-refractivity contribution in [2.45, 2.75) is 32.4 Å². The molecule has 0 bridgehead atoms. The number of H-pyrrole nitrogens is 1. The zero-order valence-electron chi connectivity index (χ0n) is 15.8. The maximum Gasteiger partial charge on any atom is 0.245 e. The highest BCUT2D eigenvalue weighted by Crippen LogP contribution is 2.28. The third-order valence-electron chi connectivity index (χ3n) is 5.31. The second-order valence-electron chi connectivity index (χ2n) is 6.97. The molecule has 1 atom stereocenters. The molecular weight excluding hydrogens is 338 g/mol. The van der Waals surface area contributed by atoms with Crippen molar-refractivity contribution in [1.82, 2.24) is 9.88 Å². The van der Waals surface area contributed by atoms with Gasteiger partial charge in [-0.15, -0.1) is 0 Å². The van der Waals surface area contributed by atoms with Crippen molar-refractivity contribution in [2.24, 2.45) is 0 Å². The van der Waals surface area contributed by atoms with Gasteiger partial charge in [-0.1, -0.05) is 31.2 Å². The van der Waals surface area contributed by atoms with Gasteiger partial charge in [-0.05, 0) is 36.6 Å². The van der Waals surface area contributed by atoms with Crippen LogP contribution in [0, 0.1) is 0 Å². The van der Waals surface area contributed by atoms with Crippen molar-refractivity contribution in [1.29, 1.82) is 0 Å². The number of anilines is 1. The Morgan fingerprint density at radius 2 is 2.11 bits per heavy atom. The van der Waals surface area contributed by atoms with Gasteiger partial charge in [-0.3, -0.25) is 4.79 Å². The number of carbonyl (C=O) groups excluding carboxylic acids is 1. The first-order valence-electron chi connectivity index (χ1n) is 9.47. The molecular formula is C22H25N3O2. The monoisotopic (exact) mass is 363 g/mol. The number of methoxy groups -OCH3 is 1. The van der Waals surface area contributed by atoms with Crippen LogP contribution in [0.1, 0.15) is 24.6 Å². The van der Waals surface area contributed by atoms with E-state index in [1.807, 2.05) is 42.2 Å². The van der Waals surface area contributed by atoms with E-state index >= 15 is 0 Å². The quantitative estimate of drug-likeness (QED) is 0.722. The molecule has 27 heavy (non-hydrogen) atoms. The summed E-state index contributed by atoms with van der Waals surface area (Å²) in [6.07, 6.45) is 1.62. The van der Waals surface area contributed by atoms with E-state index in [0.29, 0.717) is 6.54 Å². The van der Waals surface area contributed by atoms with Gasteiger partial charge in [0.25, 0.3) is 0 Å². The molecule has 2 heterocycles. The average molecular weight is 363 g/mol. The normalized spacial score (nSPS) is 14.7. The number of carbonyl (C=O) groups is 1.